The number of aryl methyl sites for hydroxylation is 2. The maximum absolute atomic E-state index is 12.8. The average Bonchev–Trinajstić information content (AvgIpc) is 2.77. The topological polar surface area (TPSA) is 37.4 Å². The van der Waals surface area contributed by atoms with Gasteiger partial charge in [0.15, 0.2) is 0 Å². The van der Waals surface area contributed by atoms with Crippen molar-refractivity contribution < 1.29 is 8.42 Å². The molecule has 2 aromatic rings. The van der Waals surface area contributed by atoms with E-state index in [1.807, 2.05) is 54.6 Å². The van der Waals surface area contributed by atoms with Gasteiger partial charge in [-0.25, -0.2) is 8.42 Å². The SMILES string of the molecule is O=S(=O)(CCc1ccccc1)N1CCCCc2ccccc21. The van der Waals surface area contributed by atoms with Crippen molar-refractivity contribution in [2.75, 3.05) is 16.6 Å². The number of hydrogen-bond acceptors (Lipinski definition) is 2. The Bertz CT molecular complexity index is 726. The third-order valence-electron chi connectivity index (χ3n) is 4.14. The number of benzene rings is 2. The van der Waals surface area contributed by atoms with Gasteiger partial charge in [-0.2, -0.15) is 0 Å². The number of sulfonamides is 1. The van der Waals surface area contributed by atoms with Crippen LogP contribution < -0.4 is 4.31 Å². The zero-order valence-electron chi connectivity index (χ0n) is 12.6. The lowest BCUT2D eigenvalue weighted by Gasteiger charge is -2.24. The summed E-state index contributed by atoms with van der Waals surface area (Å²) in [5, 5.41) is 0. The predicted molar refractivity (Wildman–Crippen MR) is 90.7 cm³/mol. The van der Waals surface area contributed by atoms with Crippen LogP contribution in [0.1, 0.15) is 24.0 Å². The first-order valence-electron chi connectivity index (χ1n) is 7.79. The Morgan fingerprint density at radius 2 is 1.64 bits per heavy atom. The van der Waals surface area contributed by atoms with E-state index >= 15 is 0 Å². The molecule has 0 spiro atoms. The summed E-state index contributed by atoms with van der Waals surface area (Å²) in [6.45, 7) is 0.591. The molecule has 116 valence electrons. The first-order valence-corrected chi connectivity index (χ1v) is 9.40. The van der Waals surface area contributed by atoms with Crippen LogP contribution in [0.25, 0.3) is 0 Å². The summed E-state index contributed by atoms with van der Waals surface area (Å²) in [6.07, 6.45) is 3.48. The minimum absolute atomic E-state index is 0.158. The van der Waals surface area contributed by atoms with E-state index in [1.54, 1.807) is 4.31 Å². The summed E-state index contributed by atoms with van der Waals surface area (Å²) < 4.78 is 27.2. The van der Waals surface area contributed by atoms with Gasteiger partial charge in [-0.3, -0.25) is 4.31 Å². The lowest BCUT2D eigenvalue weighted by molar-refractivity contribution is 0.588. The molecule has 0 radical (unpaired) electrons. The van der Waals surface area contributed by atoms with Crippen molar-refractivity contribution in [3.8, 4) is 0 Å². The molecular weight excluding hydrogens is 294 g/mol. The molecule has 0 aromatic heterocycles. The van der Waals surface area contributed by atoms with Crippen molar-refractivity contribution in [3.63, 3.8) is 0 Å². The van der Waals surface area contributed by atoms with Crippen molar-refractivity contribution in [3.05, 3.63) is 65.7 Å². The largest absolute Gasteiger partial charge is 0.270 e. The molecule has 0 atom stereocenters. The number of rotatable bonds is 4. The molecule has 0 N–H and O–H groups in total. The number of fused-ring (bicyclic) bond motifs is 1. The van der Waals surface area contributed by atoms with E-state index < -0.39 is 10.0 Å². The fourth-order valence-corrected chi connectivity index (χ4v) is 4.55. The van der Waals surface area contributed by atoms with Gasteiger partial charge >= 0.3 is 0 Å². The number of anilines is 1. The van der Waals surface area contributed by atoms with Gasteiger partial charge in [0, 0.05) is 6.54 Å². The van der Waals surface area contributed by atoms with Gasteiger partial charge in [0.2, 0.25) is 10.0 Å². The normalized spacial score (nSPS) is 15.2. The van der Waals surface area contributed by atoms with E-state index in [4.69, 9.17) is 0 Å². The van der Waals surface area contributed by atoms with Gasteiger partial charge in [-0.15, -0.1) is 0 Å². The fourth-order valence-electron chi connectivity index (χ4n) is 2.95. The number of hydrogen-bond donors (Lipinski definition) is 0. The predicted octanol–water partition coefficient (Wildman–Crippen LogP) is 3.40. The van der Waals surface area contributed by atoms with Crippen molar-refractivity contribution in [1.82, 2.24) is 0 Å². The van der Waals surface area contributed by atoms with Crippen LogP contribution in [-0.2, 0) is 22.9 Å². The number of para-hydroxylation sites is 1. The molecule has 1 aliphatic heterocycles. The van der Waals surface area contributed by atoms with Crippen LogP contribution in [0.15, 0.2) is 54.6 Å². The Balaban J connectivity index is 1.82. The van der Waals surface area contributed by atoms with Crippen LogP contribution >= 0.6 is 0 Å². The summed E-state index contributed by atoms with van der Waals surface area (Å²) >= 11 is 0. The van der Waals surface area contributed by atoms with E-state index in [9.17, 15) is 8.42 Å². The molecule has 22 heavy (non-hydrogen) atoms. The van der Waals surface area contributed by atoms with Crippen LogP contribution in [-0.4, -0.2) is 20.7 Å². The quantitative estimate of drug-likeness (QED) is 0.867. The van der Waals surface area contributed by atoms with Gasteiger partial charge in [0.1, 0.15) is 0 Å². The zero-order valence-corrected chi connectivity index (χ0v) is 13.4. The molecule has 3 nitrogen and oxygen atoms in total. The van der Waals surface area contributed by atoms with Crippen molar-refractivity contribution in [2.45, 2.75) is 25.7 Å². The monoisotopic (exact) mass is 315 g/mol. The maximum atomic E-state index is 12.8. The molecule has 2 aromatic carbocycles. The molecule has 0 amide bonds. The van der Waals surface area contributed by atoms with Gasteiger partial charge in [0.05, 0.1) is 11.4 Å². The second-order valence-electron chi connectivity index (χ2n) is 5.71. The Kier molecular flexibility index (Phi) is 4.48. The standard InChI is InChI=1S/C18H21NO2S/c20-22(21,15-13-16-8-2-1-3-9-16)19-14-7-6-11-17-10-4-5-12-18(17)19/h1-5,8-10,12H,6-7,11,13-15H2. The molecule has 0 fully saturated rings. The molecule has 0 saturated heterocycles. The van der Waals surface area contributed by atoms with E-state index in [1.165, 1.54) is 0 Å². The van der Waals surface area contributed by atoms with Crippen LogP contribution in [0.5, 0.6) is 0 Å². The highest BCUT2D eigenvalue weighted by Gasteiger charge is 2.25. The molecule has 3 rings (SSSR count). The summed E-state index contributed by atoms with van der Waals surface area (Å²) in [4.78, 5) is 0. The second-order valence-corrected chi connectivity index (χ2v) is 7.72. The van der Waals surface area contributed by atoms with Crippen molar-refractivity contribution in [1.29, 1.82) is 0 Å². The van der Waals surface area contributed by atoms with E-state index in [2.05, 4.69) is 0 Å². The molecule has 0 aliphatic carbocycles. The van der Waals surface area contributed by atoms with Crippen LogP contribution in [0, 0.1) is 0 Å². The highest BCUT2D eigenvalue weighted by atomic mass is 32.2. The summed E-state index contributed by atoms with van der Waals surface area (Å²) in [6, 6.07) is 17.7. The molecular formula is C18H21NO2S. The molecule has 0 saturated carbocycles. The smallest absolute Gasteiger partial charge is 0.235 e. The molecule has 0 bridgehead atoms. The van der Waals surface area contributed by atoms with Gasteiger partial charge in [-0.05, 0) is 42.9 Å². The third-order valence-corrected chi connectivity index (χ3v) is 5.92. The summed E-state index contributed by atoms with van der Waals surface area (Å²) in [7, 11) is -3.28. The Morgan fingerprint density at radius 3 is 2.45 bits per heavy atom. The first kappa shape index (κ1) is 15.1. The lowest BCUT2D eigenvalue weighted by Crippen LogP contribution is -2.34. The third kappa shape index (κ3) is 3.33. The van der Waals surface area contributed by atoms with Crippen LogP contribution in [0.2, 0.25) is 0 Å². The minimum atomic E-state index is -3.28. The molecule has 4 heteroatoms. The highest BCUT2D eigenvalue weighted by Crippen LogP contribution is 2.28. The molecule has 0 unspecified atom stereocenters. The minimum Gasteiger partial charge on any atom is -0.270 e. The van der Waals surface area contributed by atoms with Crippen molar-refractivity contribution in [2.24, 2.45) is 0 Å². The molecule has 1 heterocycles. The van der Waals surface area contributed by atoms with E-state index in [-0.39, 0.29) is 5.75 Å². The van der Waals surface area contributed by atoms with Gasteiger partial charge in [0.25, 0.3) is 0 Å². The summed E-state index contributed by atoms with van der Waals surface area (Å²) in [5.74, 6) is 0.158. The van der Waals surface area contributed by atoms with E-state index in [0.717, 1.165) is 36.1 Å². The fraction of sp³-hybridized carbons (Fsp3) is 0.333. The van der Waals surface area contributed by atoms with Gasteiger partial charge < -0.3 is 0 Å². The Hall–Kier alpha value is -1.81. The second kappa shape index (κ2) is 6.53. The maximum Gasteiger partial charge on any atom is 0.235 e. The lowest BCUT2D eigenvalue weighted by atomic mass is 10.1. The van der Waals surface area contributed by atoms with Gasteiger partial charge in [-0.1, -0.05) is 48.5 Å². The summed E-state index contributed by atoms with van der Waals surface area (Å²) in [5.41, 5.74) is 3.07. The van der Waals surface area contributed by atoms with E-state index in [0.29, 0.717) is 13.0 Å². The Morgan fingerprint density at radius 1 is 0.909 bits per heavy atom. The zero-order chi connectivity index (χ0) is 15.4. The van der Waals surface area contributed by atoms with Crippen LogP contribution in [0.3, 0.4) is 0 Å². The highest BCUT2D eigenvalue weighted by molar-refractivity contribution is 7.92. The van der Waals surface area contributed by atoms with Crippen LogP contribution in [0.4, 0.5) is 5.69 Å². The Labute approximate surface area is 132 Å². The average molecular weight is 315 g/mol. The first-order chi connectivity index (χ1) is 10.7. The van der Waals surface area contributed by atoms with Crippen molar-refractivity contribution >= 4 is 15.7 Å². The number of nitrogens with zero attached hydrogens (tertiary/aromatic N) is 1. The molecule has 1 aliphatic rings.